The summed E-state index contributed by atoms with van der Waals surface area (Å²) in [5, 5.41) is 11.3. The summed E-state index contributed by atoms with van der Waals surface area (Å²) >= 11 is 0. The Hall–Kier alpha value is -2.32. The molecular weight excluding hydrogens is 268 g/mol. The van der Waals surface area contributed by atoms with Gasteiger partial charge in [-0.25, -0.2) is 0 Å². The maximum Gasteiger partial charge on any atom is 0.251 e. The Balaban J connectivity index is 1.92. The second kappa shape index (κ2) is 7.46. The van der Waals surface area contributed by atoms with Gasteiger partial charge in [-0.15, -0.1) is 0 Å². The van der Waals surface area contributed by atoms with Crippen molar-refractivity contribution in [2.75, 3.05) is 26.2 Å². The number of aliphatic hydroxyl groups excluding tert-OH is 1. The smallest absolute Gasteiger partial charge is 0.251 e. The van der Waals surface area contributed by atoms with E-state index < -0.39 is 0 Å². The number of carbonyl (C=O) groups excluding carboxylic acids is 2. The molecule has 110 valence electrons. The first-order chi connectivity index (χ1) is 10.2. The second-order valence-electron chi connectivity index (χ2n) is 4.81. The van der Waals surface area contributed by atoms with Gasteiger partial charge in [-0.1, -0.05) is 17.9 Å². The van der Waals surface area contributed by atoms with Crippen LogP contribution in [0.25, 0.3) is 0 Å². The number of hydrogen-bond donors (Lipinski definition) is 2. The van der Waals surface area contributed by atoms with Gasteiger partial charge in [0.05, 0.1) is 6.54 Å². The number of hydrogen-bond acceptors (Lipinski definition) is 3. The first kappa shape index (κ1) is 15.1. The molecule has 5 heteroatoms. The first-order valence-corrected chi connectivity index (χ1v) is 6.96. The fraction of sp³-hybridized carbons (Fsp3) is 0.375. The number of nitrogens with zero attached hydrogens (tertiary/aromatic N) is 1. The number of aliphatic hydroxyl groups is 1. The van der Waals surface area contributed by atoms with Crippen molar-refractivity contribution in [2.24, 2.45) is 0 Å². The van der Waals surface area contributed by atoms with Crippen LogP contribution in [0.1, 0.15) is 28.8 Å². The third-order valence-electron chi connectivity index (χ3n) is 3.30. The Morgan fingerprint density at radius 2 is 2.05 bits per heavy atom. The monoisotopic (exact) mass is 286 g/mol. The molecule has 21 heavy (non-hydrogen) atoms. The lowest BCUT2D eigenvalue weighted by molar-refractivity contribution is -0.129. The van der Waals surface area contributed by atoms with Gasteiger partial charge in [-0.3, -0.25) is 9.59 Å². The van der Waals surface area contributed by atoms with E-state index in [9.17, 15) is 9.59 Å². The summed E-state index contributed by atoms with van der Waals surface area (Å²) in [6.07, 6.45) is 2.07. The molecule has 0 spiro atoms. The standard InChI is InChI=1S/C16H18N2O3/c19-10-4-6-13-5-3-7-14(11-13)16(21)17-12-15(20)18-8-1-2-9-18/h3,5,7,11,19H,1-2,8-10,12H2,(H,17,21). The molecule has 0 atom stereocenters. The first-order valence-electron chi connectivity index (χ1n) is 6.96. The number of amides is 2. The largest absolute Gasteiger partial charge is 0.384 e. The predicted octanol–water partition coefficient (Wildman–Crippen LogP) is 0.383. The van der Waals surface area contributed by atoms with E-state index in [-0.39, 0.29) is 25.0 Å². The Morgan fingerprint density at radius 1 is 1.29 bits per heavy atom. The van der Waals surface area contributed by atoms with E-state index in [4.69, 9.17) is 5.11 Å². The average Bonchev–Trinajstić information content (AvgIpc) is 3.05. The third kappa shape index (κ3) is 4.33. The summed E-state index contributed by atoms with van der Waals surface area (Å²) in [5.74, 6) is 4.93. The van der Waals surface area contributed by atoms with Crippen LogP contribution in [-0.2, 0) is 4.79 Å². The Kier molecular flexibility index (Phi) is 5.35. The van der Waals surface area contributed by atoms with E-state index in [0.29, 0.717) is 11.1 Å². The zero-order valence-corrected chi connectivity index (χ0v) is 11.8. The summed E-state index contributed by atoms with van der Waals surface area (Å²) in [4.78, 5) is 25.6. The minimum absolute atomic E-state index is 0.0192. The molecule has 1 fully saturated rings. The van der Waals surface area contributed by atoms with Crippen molar-refractivity contribution in [1.29, 1.82) is 0 Å². The van der Waals surface area contributed by atoms with Crippen LogP contribution in [0.5, 0.6) is 0 Å². The quantitative estimate of drug-likeness (QED) is 0.789. The Labute approximate surface area is 124 Å². The molecule has 0 aliphatic carbocycles. The SMILES string of the molecule is O=C(NCC(=O)N1CCCC1)c1cccc(C#CCO)c1. The van der Waals surface area contributed by atoms with Gasteiger partial charge in [-0.2, -0.15) is 0 Å². The molecular formula is C16H18N2O3. The number of carbonyl (C=O) groups is 2. The van der Waals surface area contributed by atoms with E-state index in [1.807, 2.05) is 0 Å². The van der Waals surface area contributed by atoms with E-state index in [0.717, 1.165) is 25.9 Å². The molecule has 0 aromatic heterocycles. The predicted molar refractivity (Wildman–Crippen MR) is 78.6 cm³/mol. The molecule has 2 rings (SSSR count). The van der Waals surface area contributed by atoms with Crippen molar-refractivity contribution in [2.45, 2.75) is 12.8 Å². The second-order valence-corrected chi connectivity index (χ2v) is 4.81. The molecule has 1 saturated heterocycles. The molecule has 2 amide bonds. The maximum atomic E-state index is 12.0. The van der Waals surface area contributed by atoms with Gasteiger partial charge in [0.1, 0.15) is 6.61 Å². The van der Waals surface area contributed by atoms with Crippen LogP contribution in [0.3, 0.4) is 0 Å². The lowest BCUT2D eigenvalue weighted by Crippen LogP contribution is -2.38. The van der Waals surface area contributed by atoms with Crippen LogP contribution < -0.4 is 5.32 Å². The molecule has 2 N–H and O–H groups in total. The molecule has 1 heterocycles. The van der Waals surface area contributed by atoms with E-state index in [1.165, 1.54) is 0 Å². The van der Waals surface area contributed by atoms with Gasteiger partial charge in [0.25, 0.3) is 5.91 Å². The summed E-state index contributed by atoms with van der Waals surface area (Å²) in [7, 11) is 0. The highest BCUT2D eigenvalue weighted by molar-refractivity contribution is 5.96. The number of likely N-dealkylation sites (tertiary alicyclic amines) is 1. The average molecular weight is 286 g/mol. The van der Waals surface area contributed by atoms with Crippen LogP contribution in [0, 0.1) is 11.8 Å². The van der Waals surface area contributed by atoms with Crippen molar-refractivity contribution in [3.8, 4) is 11.8 Å². The Bertz CT molecular complexity index is 581. The van der Waals surface area contributed by atoms with Crippen LogP contribution >= 0.6 is 0 Å². The van der Waals surface area contributed by atoms with Crippen LogP contribution in [0.15, 0.2) is 24.3 Å². The van der Waals surface area contributed by atoms with E-state index in [1.54, 1.807) is 29.2 Å². The Morgan fingerprint density at radius 3 is 2.76 bits per heavy atom. The van der Waals surface area contributed by atoms with Crippen LogP contribution in [0.2, 0.25) is 0 Å². The lowest BCUT2D eigenvalue weighted by atomic mass is 10.1. The van der Waals surface area contributed by atoms with E-state index >= 15 is 0 Å². The molecule has 1 aromatic rings. The molecule has 0 radical (unpaired) electrons. The van der Waals surface area contributed by atoms with Crippen molar-refractivity contribution < 1.29 is 14.7 Å². The van der Waals surface area contributed by atoms with Gasteiger partial charge in [-0.05, 0) is 31.0 Å². The van der Waals surface area contributed by atoms with Gasteiger partial charge in [0.15, 0.2) is 0 Å². The number of rotatable bonds is 3. The molecule has 1 aliphatic heterocycles. The number of nitrogens with one attached hydrogen (secondary N) is 1. The summed E-state index contributed by atoms with van der Waals surface area (Å²) in [6, 6.07) is 6.78. The molecule has 0 saturated carbocycles. The van der Waals surface area contributed by atoms with Crippen LogP contribution in [-0.4, -0.2) is 48.1 Å². The zero-order valence-electron chi connectivity index (χ0n) is 11.8. The topological polar surface area (TPSA) is 69.6 Å². The fourth-order valence-electron chi connectivity index (χ4n) is 2.22. The highest BCUT2D eigenvalue weighted by atomic mass is 16.2. The normalized spacial score (nSPS) is 13.5. The lowest BCUT2D eigenvalue weighted by Gasteiger charge is -2.15. The molecule has 0 unspecified atom stereocenters. The minimum Gasteiger partial charge on any atom is -0.384 e. The van der Waals surface area contributed by atoms with Crippen molar-refractivity contribution >= 4 is 11.8 Å². The maximum absolute atomic E-state index is 12.0. The summed E-state index contributed by atoms with van der Waals surface area (Å²) in [5.41, 5.74) is 1.11. The zero-order chi connectivity index (χ0) is 15.1. The van der Waals surface area contributed by atoms with Crippen molar-refractivity contribution in [1.82, 2.24) is 10.2 Å². The highest BCUT2D eigenvalue weighted by Gasteiger charge is 2.18. The molecule has 1 aromatic carbocycles. The minimum atomic E-state index is -0.296. The highest BCUT2D eigenvalue weighted by Crippen LogP contribution is 2.07. The van der Waals surface area contributed by atoms with E-state index in [2.05, 4.69) is 17.2 Å². The fourth-order valence-corrected chi connectivity index (χ4v) is 2.22. The third-order valence-corrected chi connectivity index (χ3v) is 3.30. The summed E-state index contributed by atoms with van der Waals surface area (Å²) in [6.45, 7) is 1.36. The van der Waals surface area contributed by atoms with Gasteiger partial charge < -0.3 is 15.3 Å². The van der Waals surface area contributed by atoms with Gasteiger partial charge in [0.2, 0.25) is 5.91 Å². The van der Waals surface area contributed by atoms with Gasteiger partial charge in [0, 0.05) is 24.2 Å². The number of benzene rings is 1. The summed E-state index contributed by atoms with van der Waals surface area (Å²) < 4.78 is 0. The van der Waals surface area contributed by atoms with Crippen molar-refractivity contribution in [3.63, 3.8) is 0 Å². The van der Waals surface area contributed by atoms with Gasteiger partial charge >= 0.3 is 0 Å². The molecule has 5 nitrogen and oxygen atoms in total. The van der Waals surface area contributed by atoms with Crippen molar-refractivity contribution in [3.05, 3.63) is 35.4 Å². The molecule has 0 bridgehead atoms. The molecule has 1 aliphatic rings. The van der Waals surface area contributed by atoms with Crippen LogP contribution in [0.4, 0.5) is 0 Å².